The van der Waals surface area contributed by atoms with Gasteiger partial charge in [0.1, 0.15) is 0 Å². The lowest BCUT2D eigenvalue weighted by Gasteiger charge is -2.08. The van der Waals surface area contributed by atoms with Crippen molar-refractivity contribution in [2.24, 2.45) is 0 Å². The molecule has 0 heterocycles. The molecule has 0 bridgehead atoms. The van der Waals surface area contributed by atoms with E-state index in [1.54, 1.807) is 0 Å². The molecule has 25 heavy (non-hydrogen) atoms. The predicted molar refractivity (Wildman–Crippen MR) is 129 cm³/mol. The van der Waals surface area contributed by atoms with E-state index < -0.39 is 0 Å². The van der Waals surface area contributed by atoms with Gasteiger partial charge in [0.2, 0.25) is 0 Å². The molecule has 0 aliphatic carbocycles. The molecule has 0 saturated heterocycles. The van der Waals surface area contributed by atoms with Crippen LogP contribution in [0.5, 0.6) is 0 Å². The topological polar surface area (TPSA) is 0 Å². The van der Waals surface area contributed by atoms with Gasteiger partial charge in [-0.1, -0.05) is 116 Å². The molecule has 0 amide bonds. The van der Waals surface area contributed by atoms with Gasteiger partial charge >= 0.3 is 0 Å². The van der Waals surface area contributed by atoms with Crippen molar-refractivity contribution in [3.05, 3.63) is 34.4 Å². The second-order valence-corrected chi connectivity index (χ2v) is 3.15. The molecule has 0 heteroatoms. The third-order valence-electron chi connectivity index (χ3n) is 2.55. The maximum Gasteiger partial charge on any atom is -0.0305 e. The first-order valence-corrected chi connectivity index (χ1v) is 11.2. The van der Waals surface area contributed by atoms with Gasteiger partial charge in [0.25, 0.3) is 0 Å². The van der Waals surface area contributed by atoms with Crippen molar-refractivity contribution in [3.63, 3.8) is 0 Å². The Morgan fingerprint density at radius 2 is 0.760 bits per heavy atom. The highest BCUT2D eigenvalue weighted by Crippen LogP contribution is 2.16. The van der Waals surface area contributed by atoms with E-state index in [0.29, 0.717) is 0 Å². The van der Waals surface area contributed by atoms with Crippen LogP contribution in [-0.4, -0.2) is 0 Å². The van der Waals surface area contributed by atoms with Crippen molar-refractivity contribution in [2.45, 2.75) is 131 Å². The molecule has 0 unspecified atom stereocenters. The number of benzene rings is 1. The molecule has 0 N–H and O–H groups in total. The van der Waals surface area contributed by atoms with E-state index in [2.05, 4.69) is 39.8 Å². The Morgan fingerprint density at radius 1 is 0.480 bits per heavy atom. The fraction of sp³-hybridized carbons (Fsp3) is 0.760. The molecule has 0 aliphatic rings. The van der Waals surface area contributed by atoms with Gasteiger partial charge in [-0.3, -0.25) is 0 Å². The lowest BCUT2D eigenvalue weighted by Crippen LogP contribution is -1.92. The summed E-state index contributed by atoms with van der Waals surface area (Å²) in [6.45, 7) is 36.8. The van der Waals surface area contributed by atoms with Gasteiger partial charge in [-0.2, -0.15) is 0 Å². The number of rotatable bonds is 1. The highest BCUT2D eigenvalue weighted by atomic mass is 14.1. The van der Waals surface area contributed by atoms with Crippen LogP contribution in [0.1, 0.15) is 126 Å². The molecule has 1 aromatic rings. The van der Waals surface area contributed by atoms with E-state index in [1.165, 1.54) is 22.3 Å². The van der Waals surface area contributed by atoms with Crippen LogP contribution in [0.15, 0.2) is 12.1 Å². The van der Waals surface area contributed by atoms with Crippen LogP contribution in [-0.2, 0) is 6.42 Å². The molecule has 1 aromatic carbocycles. The summed E-state index contributed by atoms with van der Waals surface area (Å²) in [5.41, 5.74) is 5.80. The molecular weight excluding hydrogens is 300 g/mol. The molecule has 0 spiro atoms. The normalized spacial score (nSPS) is 6.16. The fourth-order valence-electron chi connectivity index (χ4n) is 1.40. The van der Waals surface area contributed by atoms with Crippen molar-refractivity contribution >= 4 is 0 Å². The molecule has 0 aliphatic heterocycles. The monoisotopic (exact) mass is 358 g/mol. The van der Waals surface area contributed by atoms with E-state index in [1.807, 2.05) is 96.9 Å². The van der Waals surface area contributed by atoms with Crippen LogP contribution in [0.25, 0.3) is 0 Å². The van der Waals surface area contributed by atoms with Crippen molar-refractivity contribution in [1.29, 1.82) is 0 Å². The standard InChI is InChI=1S/C11H16.7C2H6/c1-5-11-7-6-8(2)9(3)10(11)4;7*1-2/h6-7H,5H2,1-4H3;7*1-2H3. The van der Waals surface area contributed by atoms with E-state index in [9.17, 15) is 0 Å². The summed E-state index contributed by atoms with van der Waals surface area (Å²) in [5, 5.41) is 0. The Kier molecular flexibility index (Phi) is 99.9. The summed E-state index contributed by atoms with van der Waals surface area (Å²) in [5.74, 6) is 0. The minimum Gasteiger partial charge on any atom is -0.0683 e. The van der Waals surface area contributed by atoms with Gasteiger partial charge < -0.3 is 0 Å². The highest BCUT2D eigenvalue weighted by Gasteiger charge is 2.00. The van der Waals surface area contributed by atoms with E-state index in [-0.39, 0.29) is 0 Å². The first kappa shape index (κ1) is 44.0. The first-order chi connectivity index (χ1) is 12.2. The SMILES string of the molecule is CC.CC.CC.CC.CC.CC.CC.CCc1ccc(C)c(C)c1C. The Bertz CT molecular complexity index is 259. The fourth-order valence-corrected chi connectivity index (χ4v) is 1.40. The van der Waals surface area contributed by atoms with Gasteiger partial charge in [0, 0.05) is 0 Å². The number of aryl methyl sites for hydroxylation is 2. The first-order valence-electron chi connectivity index (χ1n) is 11.2. The summed E-state index contributed by atoms with van der Waals surface area (Å²) >= 11 is 0. The van der Waals surface area contributed by atoms with Crippen LogP contribution in [0, 0.1) is 20.8 Å². The van der Waals surface area contributed by atoms with Crippen LogP contribution >= 0.6 is 0 Å². The van der Waals surface area contributed by atoms with Crippen LogP contribution < -0.4 is 0 Å². The molecule has 158 valence electrons. The smallest absolute Gasteiger partial charge is 0.0305 e. The minimum atomic E-state index is 1.15. The maximum atomic E-state index is 2.23. The second kappa shape index (κ2) is 56.7. The maximum absolute atomic E-state index is 2.23. The average Bonchev–Trinajstić information content (AvgIpc) is 2.76. The summed E-state index contributed by atoms with van der Waals surface area (Å²) < 4.78 is 0. The van der Waals surface area contributed by atoms with Crippen molar-refractivity contribution in [3.8, 4) is 0 Å². The predicted octanol–water partition coefficient (Wildman–Crippen LogP) is 10.4. The minimum absolute atomic E-state index is 1.15. The molecule has 0 radical (unpaired) electrons. The van der Waals surface area contributed by atoms with Gasteiger partial charge in [0.05, 0.1) is 0 Å². The van der Waals surface area contributed by atoms with Crippen molar-refractivity contribution in [1.82, 2.24) is 0 Å². The van der Waals surface area contributed by atoms with Crippen LogP contribution in [0.2, 0.25) is 0 Å². The van der Waals surface area contributed by atoms with Gasteiger partial charge in [-0.05, 0) is 49.4 Å². The molecular formula is C25H58. The number of hydrogen-bond acceptors (Lipinski definition) is 0. The van der Waals surface area contributed by atoms with Gasteiger partial charge in [-0.15, -0.1) is 0 Å². The summed E-state index contributed by atoms with van der Waals surface area (Å²) in [4.78, 5) is 0. The molecule has 0 fully saturated rings. The quantitative estimate of drug-likeness (QED) is 0.468. The third-order valence-corrected chi connectivity index (χ3v) is 2.55. The van der Waals surface area contributed by atoms with Crippen molar-refractivity contribution in [2.75, 3.05) is 0 Å². The number of hydrogen-bond donors (Lipinski definition) is 0. The average molecular weight is 359 g/mol. The molecule has 0 nitrogen and oxygen atoms in total. The second-order valence-electron chi connectivity index (χ2n) is 3.15. The zero-order valence-electron chi connectivity index (χ0n) is 21.9. The van der Waals surface area contributed by atoms with E-state index >= 15 is 0 Å². The summed E-state index contributed by atoms with van der Waals surface area (Å²) in [6, 6.07) is 4.44. The van der Waals surface area contributed by atoms with Crippen LogP contribution in [0.4, 0.5) is 0 Å². The Labute approximate surface area is 165 Å². The van der Waals surface area contributed by atoms with E-state index in [4.69, 9.17) is 0 Å². The van der Waals surface area contributed by atoms with Gasteiger partial charge in [-0.25, -0.2) is 0 Å². The third kappa shape index (κ3) is 31.5. The van der Waals surface area contributed by atoms with E-state index in [0.717, 1.165) is 6.42 Å². The van der Waals surface area contributed by atoms with Gasteiger partial charge in [0.15, 0.2) is 0 Å². The summed E-state index contributed by atoms with van der Waals surface area (Å²) in [7, 11) is 0. The van der Waals surface area contributed by atoms with Crippen molar-refractivity contribution < 1.29 is 0 Å². The molecule has 0 atom stereocenters. The molecule has 0 aromatic heterocycles. The zero-order chi connectivity index (χ0) is 22.4. The highest BCUT2D eigenvalue weighted by molar-refractivity contribution is 5.38. The summed E-state index contributed by atoms with van der Waals surface area (Å²) in [6.07, 6.45) is 1.15. The zero-order valence-corrected chi connectivity index (χ0v) is 21.9. The Hall–Kier alpha value is -0.780. The largest absolute Gasteiger partial charge is 0.0683 e. The lowest BCUT2D eigenvalue weighted by atomic mass is 9.98. The molecule has 1 rings (SSSR count). The Balaban J connectivity index is -0.0000000392. The lowest BCUT2D eigenvalue weighted by molar-refractivity contribution is 1.08. The van der Waals surface area contributed by atoms with Crippen LogP contribution in [0.3, 0.4) is 0 Å². The Morgan fingerprint density at radius 3 is 1.00 bits per heavy atom. The molecule has 0 saturated carbocycles.